The topological polar surface area (TPSA) is 300 Å². The van der Waals surface area contributed by atoms with Gasteiger partial charge < -0.3 is 59.8 Å². The standard InChI is InChI=1S/C63H94N6O16/c1-11-48(71)43(6)58-49(83-58)38-62(8,81)29-15-17-41(4)57-42(5)20-25-50(63(9,82-10)30-28-47(70)37-55(77)85-57)84-61(80)67-32-35-69(36-33-67,34-16-19-54(75)76)39-45-21-23-46(24-22-45)65-59(78)44(7)64-60(79)56(40(2)3)66-51(72)18-13-12-14-31-68-52(73)26-27-53(68)74/h15,17,20-27,29,40,42-44,47-50,56-58,70-71,81H,11-14,16,18-19,28,30-39H2,1-10H3,(H3-,64,65,66,72,75,76,78,79)/p+1/b25-20+,29-15+,41-17+/t42-,43?,44?,47+,48?,49+,50-,56?,57+,58+,62?,63+/m0/s1. The van der Waals surface area contributed by atoms with Crippen LogP contribution in [0.2, 0.25) is 0 Å². The second-order valence-electron chi connectivity index (χ2n) is 24.5. The van der Waals surface area contributed by atoms with Crippen molar-refractivity contribution in [2.75, 3.05) is 51.7 Å². The van der Waals surface area contributed by atoms with Gasteiger partial charge in [0.1, 0.15) is 30.3 Å². The molecule has 4 aliphatic heterocycles. The molecule has 2 saturated heterocycles. The second kappa shape index (κ2) is 31.9. The second-order valence-corrected chi connectivity index (χ2v) is 24.5. The number of allylic oxidation sites excluding steroid dienone is 2. The maximum absolute atomic E-state index is 14.2. The summed E-state index contributed by atoms with van der Waals surface area (Å²) in [6.07, 6.45) is 10.1. The van der Waals surface area contributed by atoms with E-state index in [2.05, 4.69) is 16.0 Å². The fourth-order valence-corrected chi connectivity index (χ4v) is 11.2. The van der Waals surface area contributed by atoms with Gasteiger partial charge in [-0.1, -0.05) is 77.5 Å². The number of hydrogen-bond acceptors (Lipinski definition) is 15. The minimum absolute atomic E-state index is 0.0317. The van der Waals surface area contributed by atoms with E-state index in [0.29, 0.717) is 93.5 Å². The number of carboxylic acid groups (broad SMARTS) is 1. The number of nitrogens with zero attached hydrogens (tertiary/aromatic N) is 3. The third kappa shape index (κ3) is 21.3. The van der Waals surface area contributed by atoms with Gasteiger partial charge in [-0.2, -0.15) is 0 Å². The third-order valence-electron chi connectivity index (χ3n) is 17.0. The van der Waals surface area contributed by atoms with Gasteiger partial charge in [0.25, 0.3) is 11.8 Å². The lowest BCUT2D eigenvalue weighted by molar-refractivity contribution is -0.944. The van der Waals surface area contributed by atoms with E-state index in [1.807, 2.05) is 45.9 Å². The first-order valence-electron chi connectivity index (χ1n) is 30.2. The summed E-state index contributed by atoms with van der Waals surface area (Å²) in [6.45, 7) is 19.0. The Morgan fingerprint density at radius 2 is 1.61 bits per heavy atom. The highest BCUT2D eigenvalue weighted by Gasteiger charge is 2.47. The highest BCUT2D eigenvalue weighted by molar-refractivity contribution is 6.12. The number of hydrogen-bond donors (Lipinski definition) is 7. The van der Waals surface area contributed by atoms with Gasteiger partial charge in [-0.25, -0.2) is 4.79 Å². The predicted molar refractivity (Wildman–Crippen MR) is 317 cm³/mol. The number of ether oxygens (including phenoxy) is 4. The highest BCUT2D eigenvalue weighted by atomic mass is 16.6. The average molecular weight is 1190 g/mol. The first kappa shape index (κ1) is 69.5. The van der Waals surface area contributed by atoms with Crippen LogP contribution in [-0.4, -0.2) is 189 Å². The molecule has 1 aromatic carbocycles. The number of carboxylic acids is 1. The Morgan fingerprint density at radius 3 is 2.24 bits per heavy atom. The van der Waals surface area contributed by atoms with Gasteiger partial charge in [-0.3, -0.25) is 43.4 Å². The summed E-state index contributed by atoms with van der Waals surface area (Å²) < 4.78 is 24.6. The highest BCUT2D eigenvalue weighted by Crippen LogP contribution is 2.38. The van der Waals surface area contributed by atoms with Crippen molar-refractivity contribution in [3.63, 3.8) is 0 Å². The maximum Gasteiger partial charge on any atom is 0.410 e. The predicted octanol–water partition coefficient (Wildman–Crippen LogP) is 5.63. The zero-order valence-corrected chi connectivity index (χ0v) is 51.5. The molecule has 1 aromatic rings. The summed E-state index contributed by atoms with van der Waals surface area (Å²) in [5.41, 5.74) is -0.289. The molecule has 0 radical (unpaired) electrons. The molecular formula is C63H95N6O16+. The number of aliphatic carboxylic acids is 1. The molecule has 6 amide bonds. The minimum Gasteiger partial charge on any atom is -0.481 e. The molecule has 5 rings (SSSR count). The third-order valence-corrected chi connectivity index (χ3v) is 17.0. The number of imide groups is 1. The van der Waals surface area contributed by atoms with Gasteiger partial charge in [0.15, 0.2) is 6.10 Å². The number of unbranched alkanes of at least 4 members (excludes halogenated alkanes) is 2. The van der Waals surface area contributed by atoms with Crippen molar-refractivity contribution in [2.45, 2.75) is 199 Å². The van der Waals surface area contributed by atoms with Crippen LogP contribution in [0.4, 0.5) is 10.5 Å². The molecule has 85 heavy (non-hydrogen) atoms. The molecule has 2 fully saturated rings. The normalized spacial score (nSPS) is 26.3. The number of carbonyl (C=O) groups is 8. The van der Waals surface area contributed by atoms with E-state index >= 15 is 0 Å². The number of aliphatic hydroxyl groups excluding tert-OH is 2. The van der Waals surface area contributed by atoms with E-state index < -0.39 is 83.5 Å². The number of epoxide rings is 1. The van der Waals surface area contributed by atoms with Crippen molar-refractivity contribution in [3.8, 4) is 0 Å². The van der Waals surface area contributed by atoms with Crippen molar-refractivity contribution >= 4 is 53.3 Å². The molecule has 0 aromatic heterocycles. The number of rotatable bonds is 28. The SMILES string of the molecule is CCC(O)C(C)[C@H]1O[C@@H]1CC(C)(O)/C=C/C=C(\C)[C@H]1OC(=O)C[C@H](O)CC[C@@](C)(OC)[C@@H](OC(=O)N2CC[N+](CCCC(=O)O)(Cc3ccc(NC(=O)C(C)NC(=O)C(NC(=O)CCCCCN4C(=O)C=CC4=O)C(C)C)cc3)CC2)/C=C/[C@@H]1C. The molecule has 472 valence electrons. The van der Waals surface area contributed by atoms with Crippen LogP contribution in [0.3, 0.4) is 0 Å². The number of amides is 6. The number of carbonyl (C=O) groups excluding carboxylic acids is 7. The molecule has 12 atom stereocenters. The zero-order chi connectivity index (χ0) is 62.8. The van der Waals surface area contributed by atoms with Crippen LogP contribution < -0.4 is 16.0 Å². The number of nitrogens with one attached hydrogen (secondary N) is 3. The number of piperazine rings is 1. The molecule has 7 N–H and O–H groups in total. The number of aliphatic hydroxyl groups is 3. The minimum atomic E-state index is -1.22. The lowest BCUT2D eigenvalue weighted by Gasteiger charge is -2.45. The van der Waals surface area contributed by atoms with Gasteiger partial charge in [-0.05, 0) is 89.5 Å². The van der Waals surface area contributed by atoms with Crippen LogP contribution in [0.15, 0.2) is 72.4 Å². The van der Waals surface area contributed by atoms with E-state index in [9.17, 15) is 58.8 Å². The van der Waals surface area contributed by atoms with Crippen molar-refractivity contribution in [3.05, 3.63) is 77.9 Å². The monoisotopic (exact) mass is 1190 g/mol. The molecule has 0 bridgehead atoms. The summed E-state index contributed by atoms with van der Waals surface area (Å²) in [6, 6.07) is 5.38. The Balaban J connectivity index is 1.18. The molecule has 22 nitrogen and oxygen atoms in total. The number of esters is 1. The van der Waals surface area contributed by atoms with Gasteiger partial charge in [-0.15, -0.1) is 0 Å². The molecule has 0 aliphatic carbocycles. The van der Waals surface area contributed by atoms with E-state index in [1.54, 1.807) is 76.0 Å². The first-order valence-corrected chi connectivity index (χ1v) is 30.2. The Hall–Kier alpha value is -6.30. The average Bonchev–Trinajstić information content (AvgIpc) is 2.95. The van der Waals surface area contributed by atoms with Crippen LogP contribution in [0.1, 0.15) is 139 Å². The summed E-state index contributed by atoms with van der Waals surface area (Å²) in [7, 11) is 1.50. The molecular weight excluding hydrogens is 1100 g/mol. The van der Waals surface area contributed by atoms with Gasteiger partial charge in [0.05, 0.1) is 75.6 Å². The van der Waals surface area contributed by atoms with Crippen LogP contribution in [0.5, 0.6) is 0 Å². The molecule has 4 aliphatic rings. The molecule has 0 saturated carbocycles. The summed E-state index contributed by atoms with van der Waals surface area (Å²) in [5, 5.41) is 50.5. The van der Waals surface area contributed by atoms with Crippen LogP contribution in [-0.2, 0) is 59.1 Å². The summed E-state index contributed by atoms with van der Waals surface area (Å²) >= 11 is 0. The fourth-order valence-electron chi connectivity index (χ4n) is 11.2. The van der Waals surface area contributed by atoms with E-state index in [1.165, 1.54) is 19.3 Å². The van der Waals surface area contributed by atoms with E-state index in [4.69, 9.17) is 18.9 Å². The molecule has 22 heteroatoms. The Labute approximate surface area is 501 Å². The fraction of sp³-hybridized carbons (Fsp3) is 0.651. The Bertz CT molecular complexity index is 2570. The number of anilines is 1. The Kier molecular flexibility index (Phi) is 26.1. The zero-order valence-electron chi connectivity index (χ0n) is 51.5. The van der Waals surface area contributed by atoms with Crippen molar-refractivity contribution < 1.29 is 82.2 Å². The maximum atomic E-state index is 14.2. The number of methoxy groups -OCH3 is 1. The van der Waals surface area contributed by atoms with Crippen molar-refractivity contribution in [1.29, 1.82) is 0 Å². The van der Waals surface area contributed by atoms with Crippen LogP contribution in [0, 0.1) is 17.8 Å². The molecule has 0 spiro atoms. The summed E-state index contributed by atoms with van der Waals surface area (Å²) in [5.74, 6) is -4.32. The Morgan fingerprint density at radius 1 is 0.941 bits per heavy atom. The number of cyclic esters (lactones) is 1. The first-order chi connectivity index (χ1) is 40.1. The summed E-state index contributed by atoms with van der Waals surface area (Å²) in [4.78, 5) is 105. The number of quaternary nitrogens is 1. The molecule has 5 unspecified atom stereocenters. The van der Waals surface area contributed by atoms with Gasteiger partial charge >= 0.3 is 18.0 Å². The van der Waals surface area contributed by atoms with Crippen molar-refractivity contribution in [2.24, 2.45) is 17.8 Å². The van der Waals surface area contributed by atoms with E-state index in [-0.39, 0.29) is 80.4 Å². The number of benzene rings is 1. The molecule has 4 heterocycles. The lowest BCUT2D eigenvalue weighted by atomic mass is 9.88. The van der Waals surface area contributed by atoms with Crippen LogP contribution in [0.25, 0.3) is 0 Å². The van der Waals surface area contributed by atoms with Gasteiger partial charge in [0, 0.05) is 68.2 Å². The largest absolute Gasteiger partial charge is 0.481 e. The lowest BCUT2D eigenvalue weighted by Crippen LogP contribution is -2.60. The van der Waals surface area contributed by atoms with Crippen molar-refractivity contribution in [1.82, 2.24) is 20.4 Å². The van der Waals surface area contributed by atoms with E-state index in [0.717, 1.165) is 10.5 Å². The van der Waals surface area contributed by atoms with Gasteiger partial charge in [0.2, 0.25) is 17.7 Å². The quantitative estimate of drug-likeness (QED) is 0.0102. The van der Waals surface area contributed by atoms with Crippen LogP contribution >= 0.6 is 0 Å². The smallest absolute Gasteiger partial charge is 0.410 e.